The van der Waals surface area contributed by atoms with E-state index >= 15 is 0 Å². The van der Waals surface area contributed by atoms with Crippen LogP contribution in [0.25, 0.3) is 11.1 Å². The number of nitrogens with zero attached hydrogens (tertiary/aromatic N) is 3. The molecule has 2 aromatic rings. The zero-order valence-corrected chi connectivity index (χ0v) is 17.9. The van der Waals surface area contributed by atoms with Gasteiger partial charge in [0, 0.05) is 31.5 Å². The fourth-order valence-corrected chi connectivity index (χ4v) is 4.54. The van der Waals surface area contributed by atoms with Crippen molar-refractivity contribution in [3.63, 3.8) is 0 Å². The first-order chi connectivity index (χ1) is 15.0. The number of nitriles is 1. The largest absolute Gasteiger partial charge is 0.394 e. The van der Waals surface area contributed by atoms with E-state index in [1.165, 1.54) is 0 Å². The lowest BCUT2D eigenvalue weighted by atomic mass is 9.73. The monoisotopic (exact) mass is 417 g/mol. The molecule has 31 heavy (non-hydrogen) atoms. The number of aliphatic hydroxyl groups is 1. The first-order valence-electron chi connectivity index (χ1n) is 10.7. The minimum Gasteiger partial charge on any atom is -0.394 e. The lowest BCUT2D eigenvalue weighted by Gasteiger charge is -2.53. The molecular formula is C25H27N3O3. The number of amides is 2. The fourth-order valence-electron chi connectivity index (χ4n) is 4.54. The second-order valence-electron chi connectivity index (χ2n) is 8.62. The molecule has 4 rings (SSSR count). The van der Waals surface area contributed by atoms with Gasteiger partial charge in [-0.25, -0.2) is 0 Å². The van der Waals surface area contributed by atoms with Gasteiger partial charge in [-0.05, 0) is 41.7 Å². The van der Waals surface area contributed by atoms with Crippen LogP contribution in [-0.4, -0.2) is 59.5 Å². The number of hydrogen-bond acceptors (Lipinski definition) is 4. The Morgan fingerprint density at radius 2 is 1.65 bits per heavy atom. The molecule has 2 amide bonds. The van der Waals surface area contributed by atoms with Gasteiger partial charge < -0.3 is 14.9 Å². The molecule has 1 aliphatic carbocycles. The fraction of sp³-hybridized carbons (Fsp3) is 0.400. The van der Waals surface area contributed by atoms with Crippen molar-refractivity contribution in [1.82, 2.24) is 9.80 Å². The lowest BCUT2D eigenvalue weighted by Crippen LogP contribution is -2.66. The normalized spacial score (nSPS) is 22.8. The third kappa shape index (κ3) is 3.70. The number of hydrogen-bond donors (Lipinski definition) is 1. The summed E-state index contributed by atoms with van der Waals surface area (Å²) in [5.74, 6) is -0.203. The van der Waals surface area contributed by atoms with Crippen molar-refractivity contribution in [2.75, 3.05) is 20.7 Å². The molecule has 1 N–H and O–H groups in total. The molecule has 2 aliphatic rings. The molecule has 1 heterocycles. The summed E-state index contributed by atoms with van der Waals surface area (Å²) in [5.41, 5.74) is 3.58. The highest BCUT2D eigenvalue weighted by molar-refractivity contribution is 5.94. The standard InChI is InChI=1S/C25H27N3O3/c1-27(2)24(30)20-12-8-17(9-13-20)16-6-10-18(11-7-16)23-21(14-26)28(22(23)15-29)25(31)19-4-3-5-19/h6-13,19,21-23,29H,3-5,15H2,1-2H3/t21-,22-,23+/m1/s1. The van der Waals surface area contributed by atoms with Gasteiger partial charge in [-0.15, -0.1) is 0 Å². The minimum atomic E-state index is -0.535. The Bertz CT molecular complexity index is 1000. The van der Waals surface area contributed by atoms with E-state index in [-0.39, 0.29) is 36.3 Å². The van der Waals surface area contributed by atoms with Gasteiger partial charge in [0.15, 0.2) is 0 Å². The van der Waals surface area contributed by atoms with Crippen LogP contribution in [0.2, 0.25) is 0 Å². The first-order valence-corrected chi connectivity index (χ1v) is 10.7. The van der Waals surface area contributed by atoms with Crippen LogP contribution in [0.15, 0.2) is 48.5 Å². The van der Waals surface area contributed by atoms with Crippen molar-refractivity contribution in [2.24, 2.45) is 5.92 Å². The SMILES string of the molecule is CN(C)C(=O)c1ccc(-c2ccc([C@H]3[C@@H](C#N)N(C(=O)C4CCC4)[C@@H]3CO)cc2)cc1. The van der Waals surface area contributed by atoms with E-state index in [0.717, 1.165) is 36.0 Å². The van der Waals surface area contributed by atoms with Crippen LogP contribution in [0.3, 0.4) is 0 Å². The summed E-state index contributed by atoms with van der Waals surface area (Å²) in [6.07, 6.45) is 2.81. The number of aliphatic hydroxyl groups excluding tert-OH is 1. The average Bonchev–Trinajstić information content (AvgIpc) is 2.72. The van der Waals surface area contributed by atoms with Crippen molar-refractivity contribution >= 4 is 11.8 Å². The van der Waals surface area contributed by atoms with E-state index in [1.807, 2.05) is 48.5 Å². The maximum atomic E-state index is 12.7. The summed E-state index contributed by atoms with van der Waals surface area (Å²) in [6, 6.07) is 16.8. The predicted molar refractivity (Wildman–Crippen MR) is 117 cm³/mol. The first kappa shape index (κ1) is 21.1. The molecule has 0 spiro atoms. The molecular weight excluding hydrogens is 390 g/mol. The Balaban J connectivity index is 1.52. The molecule has 1 aliphatic heterocycles. The Labute approximate surface area is 182 Å². The van der Waals surface area contributed by atoms with Crippen LogP contribution in [0.1, 0.15) is 41.1 Å². The Morgan fingerprint density at radius 3 is 2.10 bits per heavy atom. The summed E-state index contributed by atoms with van der Waals surface area (Å²) < 4.78 is 0. The maximum absolute atomic E-state index is 12.7. The van der Waals surface area contributed by atoms with Gasteiger partial charge >= 0.3 is 0 Å². The van der Waals surface area contributed by atoms with Crippen LogP contribution >= 0.6 is 0 Å². The molecule has 0 radical (unpaired) electrons. The zero-order valence-electron chi connectivity index (χ0n) is 17.9. The average molecular weight is 418 g/mol. The van der Waals surface area contributed by atoms with Crippen molar-refractivity contribution in [1.29, 1.82) is 5.26 Å². The third-order valence-electron chi connectivity index (χ3n) is 6.61. The highest BCUT2D eigenvalue weighted by Crippen LogP contribution is 2.43. The molecule has 1 saturated carbocycles. The summed E-state index contributed by atoms with van der Waals surface area (Å²) >= 11 is 0. The molecule has 0 bridgehead atoms. The van der Waals surface area contributed by atoms with Crippen molar-refractivity contribution < 1.29 is 14.7 Å². The molecule has 6 heteroatoms. The van der Waals surface area contributed by atoms with Crippen LogP contribution in [0.4, 0.5) is 0 Å². The molecule has 160 valence electrons. The Kier molecular flexibility index (Phi) is 5.79. The van der Waals surface area contributed by atoms with Crippen LogP contribution in [0, 0.1) is 17.2 Å². The molecule has 1 saturated heterocycles. The van der Waals surface area contributed by atoms with Gasteiger partial charge in [0.1, 0.15) is 6.04 Å². The second kappa shape index (κ2) is 8.52. The molecule has 2 fully saturated rings. The summed E-state index contributed by atoms with van der Waals surface area (Å²) in [7, 11) is 3.45. The molecule has 6 nitrogen and oxygen atoms in total. The van der Waals surface area contributed by atoms with Gasteiger partial charge in [0.2, 0.25) is 5.91 Å². The Hall–Kier alpha value is -3.17. The number of likely N-dealkylation sites (tertiary alicyclic amines) is 1. The summed E-state index contributed by atoms with van der Waals surface area (Å²) in [6.45, 7) is -0.148. The van der Waals surface area contributed by atoms with E-state index in [4.69, 9.17) is 0 Å². The smallest absolute Gasteiger partial charge is 0.253 e. The molecule has 2 aromatic carbocycles. The Morgan fingerprint density at radius 1 is 1.06 bits per heavy atom. The maximum Gasteiger partial charge on any atom is 0.253 e. The quantitative estimate of drug-likeness (QED) is 0.810. The third-order valence-corrected chi connectivity index (χ3v) is 6.61. The zero-order chi connectivity index (χ0) is 22.1. The molecule has 3 atom stereocenters. The predicted octanol–water partition coefficient (Wildman–Crippen LogP) is 3.03. The highest BCUT2D eigenvalue weighted by atomic mass is 16.3. The van der Waals surface area contributed by atoms with Crippen molar-refractivity contribution in [3.8, 4) is 17.2 Å². The van der Waals surface area contributed by atoms with Gasteiger partial charge in [-0.3, -0.25) is 9.59 Å². The van der Waals surface area contributed by atoms with Crippen LogP contribution in [-0.2, 0) is 4.79 Å². The number of carbonyl (C=O) groups is 2. The van der Waals surface area contributed by atoms with Gasteiger partial charge in [0.25, 0.3) is 5.91 Å². The molecule has 0 unspecified atom stereocenters. The van der Waals surface area contributed by atoms with Gasteiger partial charge in [-0.2, -0.15) is 5.26 Å². The van der Waals surface area contributed by atoms with Crippen molar-refractivity contribution in [3.05, 3.63) is 59.7 Å². The topological polar surface area (TPSA) is 84.6 Å². The minimum absolute atomic E-state index is 0.00979. The molecule has 0 aromatic heterocycles. The van der Waals surface area contributed by atoms with E-state index < -0.39 is 6.04 Å². The number of benzene rings is 2. The summed E-state index contributed by atoms with van der Waals surface area (Å²) in [5, 5.41) is 19.6. The van der Waals surface area contributed by atoms with E-state index in [0.29, 0.717) is 5.56 Å². The van der Waals surface area contributed by atoms with Crippen molar-refractivity contribution in [2.45, 2.75) is 37.3 Å². The van der Waals surface area contributed by atoms with E-state index in [9.17, 15) is 20.0 Å². The number of carbonyl (C=O) groups excluding carboxylic acids is 2. The van der Waals surface area contributed by atoms with Gasteiger partial charge in [-0.1, -0.05) is 42.8 Å². The lowest BCUT2D eigenvalue weighted by molar-refractivity contribution is -0.154. The summed E-state index contributed by atoms with van der Waals surface area (Å²) in [4.78, 5) is 27.9. The highest BCUT2D eigenvalue weighted by Gasteiger charge is 2.53. The van der Waals surface area contributed by atoms with Crippen LogP contribution in [0.5, 0.6) is 0 Å². The van der Waals surface area contributed by atoms with Crippen LogP contribution < -0.4 is 0 Å². The second-order valence-corrected chi connectivity index (χ2v) is 8.62. The van der Waals surface area contributed by atoms with E-state index in [2.05, 4.69) is 6.07 Å². The van der Waals surface area contributed by atoms with E-state index in [1.54, 1.807) is 23.9 Å². The number of rotatable bonds is 5. The van der Waals surface area contributed by atoms with Gasteiger partial charge in [0.05, 0.1) is 18.7 Å².